The van der Waals surface area contributed by atoms with Crippen LogP contribution >= 0.6 is 0 Å². The monoisotopic (exact) mass is 407 g/mol. The highest BCUT2D eigenvalue weighted by atomic mass is 16.5. The molecule has 3 N–H and O–H groups in total. The molecule has 0 saturated carbocycles. The summed E-state index contributed by atoms with van der Waals surface area (Å²) >= 11 is 0. The van der Waals surface area contributed by atoms with Crippen LogP contribution in [0.2, 0.25) is 0 Å². The molecular weight excluding hydrogens is 382 g/mol. The molecule has 1 unspecified atom stereocenters. The van der Waals surface area contributed by atoms with Crippen LogP contribution in [0.4, 0.5) is 10.5 Å². The van der Waals surface area contributed by atoms with E-state index in [4.69, 9.17) is 4.74 Å². The highest BCUT2D eigenvalue weighted by molar-refractivity contribution is 5.94. The van der Waals surface area contributed by atoms with Crippen molar-refractivity contribution in [1.29, 1.82) is 0 Å². The largest absolute Gasteiger partial charge is 0.494 e. The normalized spacial score (nSPS) is 15.6. The van der Waals surface area contributed by atoms with Crippen LogP contribution in [0.1, 0.15) is 31.0 Å². The van der Waals surface area contributed by atoms with E-state index in [1.165, 1.54) is 4.90 Å². The average molecular weight is 407 g/mol. The van der Waals surface area contributed by atoms with E-state index in [-0.39, 0.29) is 13.0 Å². The van der Waals surface area contributed by atoms with E-state index in [0.29, 0.717) is 12.3 Å². The molecule has 2 heterocycles. The molecule has 30 heavy (non-hydrogen) atoms. The molecule has 3 aromatic rings. The molecule has 1 aromatic heterocycles. The summed E-state index contributed by atoms with van der Waals surface area (Å²) in [4.78, 5) is 29.5. The van der Waals surface area contributed by atoms with Crippen LogP contribution in [0.5, 0.6) is 5.75 Å². The number of carbonyl (C=O) groups excluding carboxylic acids is 1. The van der Waals surface area contributed by atoms with Gasteiger partial charge in [0.1, 0.15) is 11.8 Å². The molecular formula is C23H25N3O4. The van der Waals surface area contributed by atoms with Crippen molar-refractivity contribution in [2.75, 3.05) is 11.9 Å². The van der Waals surface area contributed by atoms with Gasteiger partial charge >= 0.3 is 12.0 Å². The Morgan fingerprint density at radius 3 is 2.70 bits per heavy atom. The van der Waals surface area contributed by atoms with E-state index in [2.05, 4.69) is 17.2 Å². The third-order valence-electron chi connectivity index (χ3n) is 5.42. The van der Waals surface area contributed by atoms with Crippen molar-refractivity contribution in [2.24, 2.45) is 0 Å². The zero-order valence-corrected chi connectivity index (χ0v) is 16.9. The summed E-state index contributed by atoms with van der Waals surface area (Å²) in [7, 11) is 0. The summed E-state index contributed by atoms with van der Waals surface area (Å²) in [5.74, 6) is -0.272. The number of carboxylic acids is 1. The fraction of sp³-hybridized carbons (Fsp3) is 0.304. The number of fused-ring (bicyclic) bond motifs is 3. The summed E-state index contributed by atoms with van der Waals surface area (Å²) < 4.78 is 5.63. The van der Waals surface area contributed by atoms with Gasteiger partial charge in [-0.15, -0.1) is 0 Å². The first kappa shape index (κ1) is 19.8. The lowest BCUT2D eigenvalue weighted by molar-refractivity contribution is -0.142. The van der Waals surface area contributed by atoms with Crippen LogP contribution in [-0.4, -0.2) is 39.6 Å². The number of anilines is 1. The van der Waals surface area contributed by atoms with Crippen molar-refractivity contribution >= 4 is 28.6 Å². The van der Waals surface area contributed by atoms with Gasteiger partial charge in [0.05, 0.1) is 13.2 Å². The quantitative estimate of drug-likeness (QED) is 0.528. The maximum atomic E-state index is 12.9. The Kier molecular flexibility index (Phi) is 5.61. The van der Waals surface area contributed by atoms with Gasteiger partial charge in [-0.3, -0.25) is 0 Å². The van der Waals surface area contributed by atoms with Crippen molar-refractivity contribution in [1.82, 2.24) is 9.88 Å². The zero-order valence-electron chi connectivity index (χ0n) is 16.9. The van der Waals surface area contributed by atoms with Crippen molar-refractivity contribution in [2.45, 2.75) is 38.8 Å². The minimum Gasteiger partial charge on any atom is -0.494 e. The molecule has 1 atom stereocenters. The second-order valence-corrected chi connectivity index (χ2v) is 7.47. The second-order valence-electron chi connectivity index (χ2n) is 7.47. The Labute approximate surface area is 174 Å². The number of ether oxygens (including phenoxy) is 1. The Balaban J connectivity index is 1.50. The van der Waals surface area contributed by atoms with Gasteiger partial charge in [-0.25, -0.2) is 9.59 Å². The van der Waals surface area contributed by atoms with Crippen LogP contribution in [0.25, 0.3) is 10.9 Å². The molecule has 2 aromatic carbocycles. The Morgan fingerprint density at radius 1 is 1.20 bits per heavy atom. The molecule has 1 aliphatic heterocycles. The number of aromatic nitrogens is 1. The minimum absolute atomic E-state index is 0.213. The number of benzene rings is 2. The van der Waals surface area contributed by atoms with Crippen molar-refractivity contribution in [3.8, 4) is 5.75 Å². The zero-order chi connectivity index (χ0) is 21.1. The highest BCUT2D eigenvalue weighted by Crippen LogP contribution is 2.31. The number of nitrogens with zero attached hydrogens (tertiary/aromatic N) is 1. The van der Waals surface area contributed by atoms with Crippen LogP contribution in [0.15, 0.2) is 48.5 Å². The number of rotatable bonds is 6. The fourth-order valence-electron chi connectivity index (χ4n) is 3.81. The van der Waals surface area contributed by atoms with E-state index >= 15 is 0 Å². The summed E-state index contributed by atoms with van der Waals surface area (Å²) in [5.41, 5.74) is 3.39. The van der Waals surface area contributed by atoms with Crippen molar-refractivity contribution in [3.63, 3.8) is 0 Å². The maximum absolute atomic E-state index is 12.9. The number of urea groups is 1. The first-order valence-corrected chi connectivity index (χ1v) is 10.2. The van der Waals surface area contributed by atoms with Gasteiger partial charge in [0.15, 0.2) is 0 Å². The number of amides is 2. The molecule has 156 valence electrons. The number of nitrogens with one attached hydrogen (secondary N) is 2. The number of H-pyrrole nitrogens is 1. The van der Waals surface area contributed by atoms with Gasteiger partial charge in [-0.05, 0) is 42.3 Å². The number of carbonyl (C=O) groups is 2. The van der Waals surface area contributed by atoms with Crippen LogP contribution in [0, 0.1) is 0 Å². The number of para-hydroxylation sites is 1. The van der Waals surface area contributed by atoms with Gasteiger partial charge in [-0.1, -0.05) is 31.5 Å². The van der Waals surface area contributed by atoms with E-state index in [9.17, 15) is 14.7 Å². The van der Waals surface area contributed by atoms with Crippen LogP contribution < -0.4 is 10.1 Å². The SMILES string of the molecule is CCCCOc1ccc(NC(=O)N2Cc3[nH]c4ccccc4c3CC2C(=O)O)cc1. The predicted molar refractivity (Wildman–Crippen MR) is 115 cm³/mol. The summed E-state index contributed by atoms with van der Waals surface area (Å²) in [6, 6.07) is 13.5. The molecule has 0 spiro atoms. The topological polar surface area (TPSA) is 94.7 Å². The number of hydrogen-bond donors (Lipinski definition) is 3. The first-order chi connectivity index (χ1) is 14.6. The molecule has 0 bridgehead atoms. The number of hydrogen-bond acceptors (Lipinski definition) is 3. The molecule has 0 radical (unpaired) electrons. The summed E-state index contributed by atoms with van der Waals surface area (Å²) in [6.07, 6.45) is 2.32. The Morgan fingerprint density at radius 2 is 1.97 bits per heavy atom. The van der Waals surface area contributed by atoms with E-state index in [1.54, 1.807) is 24.3 Å². The van der Waals surface area contributed by atoms with Gasteiger partial charge in [-0.2, -0.15) is 0 Å². The third kappa shape index (κ3) is 3.96. The van der Waals surface area contributed by atoms with Crippen LogP contribution in [0.3, 0.4) is 0 Å². The molecule has 1 aliphatic rings. The number of aromatic amines is 1. The lowest BCUT2D eigenvalue weighted by atomic mass is 9.97. The molecule has 7 nitrogen and oxygen atoms in total. The molecule has 0 saturated heterocycles. The van der Waals surface area contributed by atoms with E-state index in [1.807, 2.05) is 24.3 Å². The Hall–Kier alpha value is -3.48. The molecule has 7 heteroatoms. The van der Waals surface area contributed by atoms with Crippen LogP contribution in [-0.2, 0) is 17.8 Å². The second kappa shape index (κ2) is 8.49. The summed E-state index contributed by atoms with van der Waals surface area (Å²) in [5, 5.41) is 13.6. The maximum Gasteiger partial charge on any atom is 0.326 e. The predicted octanol–water partition coefficient (Wildman–Crippen LogP) is 4.39. The molecule has 0 fully saturated rings. The number of carboxylic acid groups (broad SMARTS) is 1. The smallest absolute Gasteiger partial charge is 0.326 e. The highest BCUT2D eigenvalue weighted by Gasteiger charge is 2.36. The van der Waals surface area contributed by atoms with Gasteiger partial charge < -0.3 is 25.0 Å². The first-order valence-electron chi connectivity index (χ1n) is 10.2. The standard InChI is InChI=1S/C23H25N3O4/c1-2-3-12-30-16-10-8-15(9-11-16)24-23(29)26-14-20-18(13-21(26)22(27)28)17-6-4-5-7-19(17)25-20/h4-11,21,25H,2-3,12-14H2,1H3,(H,24,29)(H,27,28). The fourth-order valence-corrected chi connectivity index (χ4v) is 3.81. The van der Waals surface area contributed by atoms with Gasteiger partial charge in [0.2, 0.25) is 0 Å². The van der Waals surface area contributed by atoms with E-state index in [0.717, 1.165) is 40.8 Å². The molecule has 4 rings (SSSR count). The van der Waals surface area contributed by atoms with E-state index < -0.39 is 18.0 Å². The van der Waals surface area contributed by atoms with Crippen molar-refractivity contribution < 1.29 is 19.4 Å². The lowest BCUT2D eigenvalue weighted by Gasteiger charge is -2.33. The molecule has 0 aliphatic carbocycles. The minimum atomic E-state index is -1.01. The van der Waals surface area contributed by atoms with Crippen molar-refractivity contribution in [3.05, 3.63) is 59.8 Å². The lowest BCUT2D eigenvalue weighted by Crippen LogP contribution is -2.50. The number of unbranched alkanes of at least 4 members (excludes halogenated alkanes) is 1. The average Bonchev–Trinajstić information content (AvgIpc) is 3.12. The van der Waals surface area contributed by atoms with Gasteiger partial charge in [0.25, 0.3) is 0 Å². The van der Waals surface area contributed by atoms with Gasteiger partial charge in [0, 0.05) is 28.7 Å². The summed E-state index contributed by atoms with van der Waals surface area (Å²) in [6.45, 7) is 2.97. The molecule has 2 amide bonds. The third-order valence-corrected chi connectivity index (χ3v) is 5.42. The Bertz CT molecular complexity index is 1060. The number of aliphatic carboxylic acids is 1.